The Balaban J connectivity index is 0.00000729. The highest BCUT2D eigenvalue weighted by Crippen LogP contribution is 2.34. The number of rotatable bonds is 11. The lowest BCUT2D eigenvalue weighted by Gasteiger charge is -2.39. The van der Waals surface area contributed by atoms with Gasteiger partial charge in [0.25, 0.3) is 0 Å². The van der Waals surface area contributed by atoms with E-state index >= 15 is 0 Å². The average Bonchev–Trinajstić information content (AvgIpc) is 2.61. The Bertz CT molecular complexity index is 410. The molecule has 168 valence electrons. The topological polar surface area (TPSA) is 48.9 Å². The largest absolute Gasteiger partial charge is 0.377 e. The molecule has 1 aliphatic rings. The Labute approximate surface area is 191 Å². The highest BCUT2D eigenvalue weighted by Gasteiger charge is 2.35. The predicted molar refractivity (Wildman–Crippen MR) is 133 cm³/mol. The van der Waals surface area contributed by atoms with E-state index in [4.69, 9.17) is 9.73 Å². The SMILES string of the molecule is CCNC(=NCC1CCCOC1C(C)(C)C)NCCCCCCCN(C)C.I. The smallest absolute Gasteiger partial charge is 0.191 e. The van der Waals surface area contributed by atoms with Gasteiger partial charge in [0.15, 0.2) is 5.96 Å². The lowest BCUT2D eigenvalue weighted by atomic mass is 9.78. The Kier molecular flexibility index (Phi) is 15.7. The molecule has 0 bridgehead atoms. The summed E-state index contributed by atoms with van der Waals surface area (Å²) in [6.45, 7) is 13.8. The van der Waals surface area contributed by atoms with Crippen LogP contribution in [0.2, 0.25) is 0 Å². The number of guanidine groups is 1. The summed E-state index contributed by atoms with van der Waals surface area (Å²) in [7, 11) is 4.29. The number of unbranched alkanes of at least 4 members (excludes halogenated alkanes) is 4. The number of hydrogen-bond acceptors (Lipinski definition) is 3. The summed E-state index contributed by atoms with van der Waals surface area (Å²) in [6.07, 6.45) is 9.16. The van der Waals surface area contributed by atoms with E-state index in [2.05, 4.69) is 57.3 Å². The van der Waals surface area contributed by atoms with Crippen molar-refractivity contribution in [1.82, 2.24) is 15.5 Å². The van der Waals surface area contributed by atoms with Crippen molar-refractivity contribution < 1.29 is 4.74 Å². The summed E-state index contributed by atoms with van der Waals surface area (Å²) in [4.78, 5) is 7.14. The second-order valence-corrected chi connectivity index (χ2v) is 9.28. The number of hydrogen-bond donors (Lipinski definition) is 2. The molecule has 1 aliphatic heterocycles. The van der Waals surface area contributed by atoms with Gasteiger partial charge in [-0.25, -0.2) is 0 Å². The molecule has 0 aliphatic carbocycles. The van der Waals surface area contributed by atoms with Crippen LogP contribution in [0.5, 0.6) is 0 Å². The molecule has 2 atom stereocenters. The molecule has 0 aromatic heterocycles. The zero-order valence-electron chi connectivity index (χ0n) is 19.4. The van der Waals surface area contributed by atoms with Crippen molar-refractivity contribution in [3.8, 4) is 0 Å². The van der Waals surface area contributed by atoms with Crippen molar-refractivity contribution >= 4 is 29.9 Å². The van der Waals surface area contributed by atoms with Gasteiger partial charge in [0, 0.05) is 32.2 Å². The van der Waals surface area contributed by atoms with Gasteiger partial charge in [-0.15, -0.1) is 24.0 Å². The van der Waals surface area contributed by atoms with E-state index < -0.39 is 0 Å². The molecule has 28 heavy (non-hydrogen) atoms. The summed E-state index contributed by atoms with van der Waals surface area (Å²) in [6, 6.07) is 0. The predicted octanol–water partition coefficient (Wildman–Crippen LogP) is 4.51. The van der Waals surface area contributed by atoms with Crippen LogP contribution in [0.15, 0.2) is 4.99 Å². The van der Waals surface area contributed by atoms with Gasteiger partial charge in [-0.2, -0.15) is 0 Å². The molecular weight excluding hydrogens is 463 g/mol. The Hall–Kier alpha value is -0.0800. The maximum atomic E-state index is 6.09. The molecule has 2 unspecified atom stereocenters. The highest BCUT2D eigenvalue weighted by atomic mass is 127. The van der Waals surface area contributed by atoms with Gasteiger partial charge in [-0.05, 0) is 58.7 Å². The van der Waals surface area contributed by atoms with Gasteiger partial charge in [0.1, 0.15) is 0 Å². The Morgan fingerprint density at radius 3 is 2.39 bits per heavy atom. The molecule has 1 rings (SSSR count). The maximum absolute atomic E-state index is 6.09. The quantitative estimate of drug-likeness (QED) is 0.186. The molecular formula is C22H47IN4O. The Morgan fingerprint density at radius 2 is 1.75 bits per heavy atom. The number of nitrogens with zero attached hydrogens (tertiary/aromatic N) is 2. The standard InChI is InChI=1S/C22H46N4O.HI/c1-7-23-21(24-15-11-9-8-10-12-16-26(5)6)25-18-19-14-13-17-27-20(19)22(2,3)4;/h19-20H,7-18H2,1-6H3,(H2,23,24,25);1H. The summed E-state index contributed by atoms with van der Waals surface area (Å²) in [5.74, 6) is 1.48. The van der Waals surface area contributed by atoms with E-state index in [0.717, 1.165) is 38.6 Å². The maximum Gasteiger partial charge on any atom is 0.191 e. The molecule has 6 heteroatoms. The zero-order valence-corrected chi connectivity index (χ0v) is 21.7. The van der Waals surface area contributed by atoms with Gasteiger partial charge >= 0.3 is 0 Å². The van der Waals surface area contributed by atoms with Crippen molar-refractivity contribution in [2.75, 3.05) is 46.9 Å². The lowest BCUT2D eigenvalue weighted by Crippen LogP contribution is -2.42. The highest BCUT2D eigenvalue weighted by molar-refractivity contribution is 14.0. The monoisotopic (exact) mass is 510 g/mol. The molecule has 2 N–H and O–H groups in total. The van der Waals surface area contributed by atoms with E-state index in [1.807, 2.05) is 0 Å². The molecule has 1 fully saturated rings. The first-order chi connectivity index (χ1) is 12.8. The minimum absolute atomic E-state index is 0. The van der Waals surface area contributed by atoms with Crippen LogP contribution in [0.1, 0.15) is 72.6 Å². The van der Waals surface area contributed by atoms with Crippen molar-refractivity contribution in [2.45, 2.75) is 78.7 Å². The fraction of sp³-hybridized carbons (Fsp3) is 0.955. The van der Waals surface area contributed by atoms with E-state index in [1.165, 1.54) is 45.1 Å². The van der Waals surface area contributed by atoms with Gasteiger partial charge in [-0.3, -0.25) is 4.99 Å². The molecule has 0 radical (unpaired) electrons. The van der Waals surface area contributed by atoms with Crippen LogP contribution in [0.4, 0.5) is 0 Å². The third-order valence-corrected chi connectivity index (χ3v) is 5.20. The first-order valence-electron chi connectivity index (χ1n) is 11.1. The van der Waals surface area contributed by atoms with Crippen LogP contribution < -0.4 is 10.6 Å². The zero-order chi connectivity index (χ0) is 20.1. The van der Waals surface area contributed by atoms with Crippen molar-refractivity contribution in [2.24, 2.45) is 16.3 Å². The van der Waals surface area contributed by atoms with Gasteiger partial charge in [0.2, 0.25) is 0 Å². The number of ether oxygens (including phenoxy) is 1. The molecule has 0 amide bonds. The first-order valence-corrected chi connectivity index (χ1v) is 11.1. The minimum Gasteiger partial charge on any atom is -0.377 e. The van der Waals surface area contributed by atoms with E-state index in [0.29, 0.717) is 12.0 Å². The van der Waals surface area contributed by atoms with Crippen LogP contribution in [0.3, 0.4) is 0 Å². The lowest BCUT2D eigenvalue weighted by molar-refractivity contribution is -0.0823. The van der Waals surface area contributed by atoms with Gasteiger partial charge in [0.05, 0.1) is 6.10 Å². The van der Waals surface area contributed by atoms with Crippen LogP contribution in [0, 0.1) is 11.3 Å². The summed E-state index contributed by atoms with van der Waals surface area (Å²) < 4.78 is 6.09. The molecule has 0 aromatic rings. The van der Waals surface area contributed by atoms with Crippen molar-refractivity contribution in [3.63, 3.8) is 0 Å². The molecule has 1 heterocycles. The minimum atomic E-state index is 0. The Morgan fingerprint density at radius 1 is 1.07 bits per heavy atom. The molecule has 1 saturated heterocycles. The second kappa shape index (κ2) is 15.7. The summed E-state index contributed by atoms with van der Waals surface area (Å²) in [5, 5.41) is 6.90. The third kappa shape index (κ3) is 12.5. The molecule has 5 nitrogen and oxygen atoms in total. The van der Waals surface area contributed by atoms with E-state index in [1.54, 1.807) is 0 Å². The van der Waals surface area contributed by atoms with Crippen LogP contribution >= 0.6 is 24.0 Å². The fourth-order valence-corrected chi connectivity index (χ4v) is 3.83. The number of nitrogens with one attached hydrogen (secondary N) is 2. The van der Waals surface area contributed by atoms with E-state index in [9.17, 15) is 0 Å². The van der Waals surface area contributed by atoms with Gasteiger partial charge in [-0.1, -0.05) is 40.0 Å². The number of aliphatic imine (C=N–C) groups is 1. The summed E-state index contributed by atoms with van der Waals surface area (Å²) in [5.41, 5.74) is 0.180. The molecule has 0 aromatic carbocycles. The van der Waals surface area contributed by atoms with Gasteiger partial charge < -0.3 is 20.3 Å². The van der Waals surface area contributed by atoms with Crippen LogP contribution in [-0.4, -0.2) is 63.8 Å². The van der Waals surface area contributed by atoms with Crippen LogP contribution in [-0.2, 0) is 4.74 Å². The molecule has 0 spiro atoms. The van der Waals surface area contributed by atoms with Crippen LogP contribution in [0.25, 0.3) is 0 Å². The third-order valence-electron chi connectivity index (χ3n) is 5.20. The van der Waals surface area contributed by atoms with Crippen molar-refractivity contribution in [1.29, 1.82) is 0 Å². The summed E-state index contributed by atoms with van der Waals surface area (Å²) >= 11 is 0. The van der Waals surface area contributed by atoms with Crippen molar-refractivity contribution in [3.05, 3.63) is 0 Å². The van der Waals surface area contributed by atoms with E-state index in [-0.39, 0.29) is 29.4 Å². The second-order valence-electron chi connectivity index (χ2n) is 9.28. The number of halogens is 1. The fourth-order valence-electron chi connectivity index (χ4n) is 3.83. The molecule has 0 saturated carbocycles. The average molecular weight is 511 g/mol. The first kappa shape index (κ1) is 27.9. The normalized spacial score (nSPS) is 20.8.